The number of benzene rings is 1. The van der Waals surface area contributed by atoms with Crippen molar-refractivity contribution in [2.24, 2.45) is 0 Å². The summed E-state index contributed by atoms with van der Waals surface area (Å²) >= 11 is 2.03. The van der Waals surface area contributed by atoms with E-state index in [-0.39, 0.29) is 5.82 Å². The van der Waals surface area contributed by atoms with E-state index in [4.69, 9.17) is 0 Å². The molecule has 2 aliphatic heterocycles. The van der Waals surface area contributed by atoms with Gasteiger partial charge in [0.05, 0.1) is 5.60 Å². The molecule has 2 heterocycles. The molecule has 3 rings (SSSR count). The lowest BCUT2D eigenvalue weighted by Gasteiger charge is -2.44. The molecule has 2 aliphatic rings. The van der Waals surface area contributed by atoms with Crippen molar-refractivity contribution in [3.63, 3.8) is 0 Å². The lowest BCUT2D eigenvalue weighted by atomic mass is 9.79. The van der Waals surface area contributed by atoms with Gasteiger partial charge in [-0.15, -0.1) is 0 Å². The lowest BCUT2D eigenvalue weighted by molar-refractivity contribution is 0.00726. The summed E-state index contributed by atoms with van der Waals surface area (Å²) in [5.74, 6) is -0.204. The standard InChI is InChI=1S/C15H19FOS/c1-10-13(6-3-7-14(10)16)15(17)8-11-4-2-5-12(9-15)18-11/h3,6-7,11-12,17H,2,4-5,8-9H2,1H3. The van der Waals surface area contributed by atoms with E-state index >= 15 is 0 Å². The molecule has 2 unspecified atom stereocenters. The van der Waals surface area contributed by atoms with Crippen LogP contribution < -0.4 is 0 Å². The van der Waals surface area contributed by atoms with Gasteiger partial charge in [-0.3, -0.25) is 0 Å². The Bertz CT molecular complexity index is 448. The molecule has 0 spiro atoms. The van der Waals surface area contributed by atoms with Gasteiger partial charge >= 0.3 is 0 Å². The van der Waals surface area contributed by atoms with Gasteiger partial charge in [0.2, 0.25) is 0 Å². The normalized spacial score (nSPS) is 35.5. The maximum Gasteiger partial charge on any atom is 0.126 e. The molecule has 0 saturated carbocycles. The molecule has 98 valence electrons. The quantitative estimate of drug-likeness (QED) is 0.835. The fourth-order valence-electron chi connectivity index (χ4n) is 3.45. The van der Waals surface area contributed by atoms with Crippen LogP contribution in [0.5, 0.6) is 0 Å². The van der Waals surface area contributed by atoms with Crippen LogP contribution in [0.1, 0.15) is 43.2 Å². The number of hydrogen-bond acceptors (Lipinski definition) is 2. The number of thioether (sulfide) groups is 1. The Kier molecular flexibility index (Phi) is 3.15. The summed E-state index contributed by atoms with van der Waals surface area (Å²) in [4.78, 5) is 0. The second-order valence-corrected chi connectivity index (χ2v) is 7.27. The minimum atomic E-state index is -0.812. The fraction of sp³-hybridized carbons (Fsp3) is 0.600. The molecule has 1 N–H and O–H groups in total. The molecule has 2 fully saturated rings. The number of halogens is 1. The molecule has 1 aromatic rings. The van der Waals surface area contributed by atoms with Crippen LogP contribution in [-0.4, -0.2) is 15.6 Å². The fourth-order valence-corrected chi connectivity index (χ4v) is 5.34. The van der Waals surface area contributed by atoms with Crippen molar-refractivity contribution < 1.29 is 9.50 Å². The average molecular weight is 266 g/mol. The van der Waals surface area contributed by atoms with Crippen LogP contribution in [0.3, 0.4) is 0 Å². The molecular formula is C15H19FOS. The van der Waals surface area contributed by atoms with Crippen molar-refractivity contribution >= 4 is 11.8 Å². The first-order chi connectivity index (χ1) is 8.58. The summed E-state index contributed by atoms with van der Waals surface area (Å²) in [6, 6.07) is 5.08. The zero-order chi connectivity index (χ0) is 12.8. The molecule has 1 aromatic carbocycles. The number of hydrogen-bond donors (Lipinski definition) is 1. The van der Waals surface area contributed by atoms with Crippen molar-refractivity contribution in [2.45, 2.75) is 55.1 Å². The van der Waals surface area contributed by atoms with Crippen LogP contribution in [0.2, 0.25) is 0 Å². The second kappa shape index (κ2) is 4.53. The molecule has 18 heavy (non-hydrogen) atoms. The lowest BCUT2D eigenvalue weighted by Crippen LogP contribution is -2.41. The van der Waals surface area contributed by atoms with E-state index in [1.54, 1.807) is 13.0 Å². The van der Waals surface area contributed by atoms with Gasteiger partial charge in [0, 0.05) is 10.5 Å². The topological polar surface area (TPSA) is 20.2 Å². The largest absolute Gasteiger partial charge is 0.385 e. The molecule has 2 saturated heterocycles. The van der Waals surface area contributed by atoms with E-state index < -0.39 is 5.60 Å². The molecule has 0 aliphatic carbocycles. The van der Waals surface area contributed by atoms with Crippen molar-refractivity contribution in [3.05, 3.63) is 35.1 Å². The maximum atomic E-state index is 13.7. The Morgan fingerprint density at radius 2 is 1.94 bits per heavy atom. The van der Waals surface area contributed by atoms with Gasteiger partial charge in [-0.25, -0.2) is 4.39 Å². The highest BCUT2D eigenvalue weighted by atomic mass is 32.2. The van der Waals surface area contributed by atoms with E-state index in [1.807, 2.05) is 17.8 Å². The van der Waals surface area contributed by atoms with E-state index in [0.29, 0.717) is 16.1 Å². The summed E-state index contributed by atoms with van der Waals surface area (Å²) < 4.78 is 13.7. The molecule has 3 heteroatoms. The monoisotopic (exact) mass is 266 g/mol. The van der Waals surface area contributed by atoms with Crippen molar-refractivity contribution in [1.29, 1.82) is 0 Å². The minimum absolute atomic E-state index is 0.204. The first-order valence-corrected chi connectivity index (χ1v) is 7.66. The van der Waals surface area contributed by atoms with Gasteiger partial charge in [-0.2, -0.15) is 11.8 Å². The molecule has 1 nitrogen and oxygen atoms in total. The van der Waals surface area contributed by atoms with Crippen LogP contribution in [0.25, 0.3) is 0 Å². The Morgan fingerprint density at radius 1 is 1.28 bits per heavy atom. The van der Waals surface area contributed by atoms with E-state index in [1.165, 1.54) is 25.3 Å². The van der Waals surface area contributed by atoms with Crippen molar-refractivity contribution in [3.8, 4) is 0 Å². The second-order valence-electron chi connectivity index (χ2n) is 5.66. The third-order valence-corrected chi connectivity index (χ3v) is 5.91. The SMILES string of the molecule is Cc1c(F)cccc1C1(O)CC2CCCC(C1)S2. The van der Waals surface area contributed by atoms with Crippen LogP contribution in [-0.2, 0) is 5.60 Å². The maximum absolute atomic E-state index is 13.7. The van der Waals surface area contributed by atoms with Crippen LogP contribution in [0, 0.1) is 12.7 Å². The highest BCUT2D eigenvalue weighted by Gasteiger charge is 2.43. The van der Waals surface area contributed by atoms with Gasteiger partial charge in [-0.05, 0) is 49.8 Å². The summed E-state index contributed by atoms with van der Waals surface area (Å²) in [7, 11) is 0. The highest BCUT2D eigenvalue weighted by Crippen LogP contribution is 2.50. The zero-order valence-electron chi connectivity index (χ0n) is 10.7. The van der Waals surface area contributed by atoms with Gasteiger partial charge in [0.1, 0.15) is 5.82 Å². The first kappa shape index (κ1) is 12.5. The van der Waals surface area contributed by atoms with Crippen LogP contribution in [0.4, 0.5) is 4.39 Å². The third-order valence-electron chi connectivity index (χ3n) is 4.34. The third kappa shape index (κ3) is 2.08. The highest BCUT2D eigenvalue weighted by molar-refractivity contribution is 8.00. The smallest absolute Gasteiger partial charge is 0.126 e. The number of fused-ring (bicyclic) bond motifs is 2. The predicted octanol–water partition coefficient (Wildman–Crippen LogP) is 3.77. The Morgan fingerprint density at radius 3 is 2.61 bits per heavy atom. The zero-order valence-corrected chi connectivity index (χ0v) is 11.5. The van der Waals surface area contributed by atoms with Crippen molar-refractivity contribution in [2.75, 3.05) is 0 Å². The molecule has 2 bridgehead atoms. The average Bonchev–Trinajstić information content (AvgIpc) is 2.32. The van der Waals surface area contributed by atoms with E-state index in [0.717, 1.165) is 18.4 Å². The molecule has 0 radical (unpaired) electrons. The number of rotatable bonds is 1. The molecule has 0 amide bonds. The minimum Gasteiger partial charge on any atom is -0.385 e. The molecule has 0 aromatic heterocycles. The molecular weight excluding hydrogens is 247 g/mol. The summed E-state index contributed by atoms with van der Waals surface area (Å²) in [5.41, 5.74) is 0.609. The Balaban J connectivity index is 1.96. The number of aliphatic hydroxyl groups is 1. The van der Waals surface area contributed by atoms with E-state index in [9.17, 15) is 9.50 Å². The Hall–Kier alpha value is -0.540. The Labute approximate surface area is 112 Å². The van der Waals surface area contributed by atoms with Gasteiger partial charge in [0.25, 0.3) is 0 Å². The molecule has 2 atom stereocenters. The predicted molar refractivity (Wildman–Crippen MR) is 73.3 cm³/mol. The van der Waals surface area contributed by atoms with Gasteiger partial charge in [0.15, 0.2) is 0 Å². The van der Waals surface area contributed by atoms with Gasteiger partial charge in [-0.1, -0.05) is 18.6 Å². The summed E-state index contributed by atoms with van der Waals surface area (Å²) in [6.45, 7) is 1.78. The van der Waals surface area contributed by atoms with Crippen LogP contribution >= 0.6 is 11.8 Å². The first-order valence-electron chi connectivity index (χ1n) is 6.72. The summed E-state index contributed by atoms with van der Waals surface area (Å²) in [5, 5.41) is 12.1. The van der Waals surface area contributed by atoms with Crippen molar-refractivity contribution in [1.82, 2.24) is 0 Å². The van der Waals surface area contributed by atoms with Crippen LogP contribution in [0.15, 0.2) is 18.2 Å². The summed E-state index contributed by atoms with van der Waals surface area (Å²) in [6.07, 6.45) is 5.22. The van der Waals surface area contributed by atoms with Gasteiger partial charge < -0.3 is 5.11 Å². The van der Waals surface area contributed by atoms with E-state index in [2.05, 4.69) is 0 Å².